The molecule has 2 atom stereocenters. The highest BCUT2D eigenvalue weighted by atomic mass is 32.2. The van der Waals surface area contributed by atoms with E-state index in [1.165, 1.54) is 52.3 Å². The molecule has 232 valence electrons. The smallest absolute Gasteiger partial charge is 0.318 e. The van der Waals surface area contributed by atoms with Crippen molar-refractivity contribution in [1.29, 1.82) is 5.26 Å². The number of anilines is 2. The number of hydrogen-bond acceptors (Lipinski definition) is 10. The van der Waals surface area contributed by atoms with Gasteiger partial charge in [0.05, 0.1) is 50.7 Å². The molecule has 0 N–H and O–H groups in total. The van der Waals surface area contributed by atoms with Crippen LogP contribution in [0.2, 0.25) is 0 Å². The molecule has 0 saturated carbocycles. The van der Waals surface area contributed by atoms with Crippen LogP contribution in [0.1, 0.15) is 30.5 Å². The van der Waals surface area contributed by atoms with Gasteiger partial charge in [-0.1, -0.05) is 12.6 Å². The topological polar surface area (TPSA) is 98.1 Å². The summed E-state index contributed by atoms with van der Waals surface area (Å²) in [5, 5.41) is 10.2. The number of nitriles is 1. The number of rotatable bonds is 7. The first-order valence-corrected chi connectivity index (χ1v) is 15.9. The lowest BCUT2D eigenvalue weighted by atomic mass is 10.0. The third-order valence-corrected chi connectivity index (χ3v) is 9.23. The van der Waals surface area contributed by atoms with E-state index in [-0.39, 0.29) is 30.1 Å². The van der Waals surface area contributed by atoms with Gasteiger partial charge in [-0.3, -0.25) is 4.79 Å². The summed E-state index contributed by atoms with van der Waals surface area (Å²) in [5.74, 6) is 0.361. The van der Waals surface area contributed by atoms with Gasteiger partial charge < -0.3 is 29.1 Å². The number of piperidine rings is 1. The Hall–Kier alpha value is -3.56. The van der Waals surface area contributed by atoms with E-state index in [4.69, 9.17) is 9.47 Å². The number of methoxy groups -OCH3 is 2. The average molecular weight is 612 g/mol. The molecule has 4 heterocycles. The van der Waals surface area contributed by atoms with Gasteiger partial charge in [0.2, 0.25) is 5.91 Å². The number of amides is 1. The Labute approximate surface area is 258 Å². The normalized spacial score (nSPS) is 20.3. The van der Waals surface area contributed by atoms with Gasteiger partial charge in [0.15, 0.2) is 11.6 Å². The fraction of sp³-hybridized carbons (Fsp3) is 0.548. The van der Waals surface area contributed by atoms with Crippen LogP contribution in [0.3, 0.4) is 0 Å². The lowest BCUT2D eigenvalue weighted by molar-refractivity contribution is -0.128. The molecule has 0 bridgehead atoms. The number of hydrogen-bond donors (Lipinski definition) is 0. The van der Waals surface area contributed by atoms with Crippen molar-refractivity contribution < 1.29 is 18.7 Å². The fourth-order valence-electron chi connectivity index (χ4n) is 5.94. The van der Waals surface area contributed by atoms with Crippen LogP contribution in [0, 0.1) is 17.1 Å². The monoisotopic (exact) mass is 611 g/mol. The quantitative estimate of drug-likeness (QED) is 0.431. The summed E-state index contributed by atoms with van der Waals surface area (Å²) in [6.45, 7) is 8.75. The first-order chi connectivity index (χ1) is 20.8. The molecule has 12 heteroatoms. The molecule has 2 aromatic rings. The Kier molecular flexibility index (Phi) is 11.5. The van der Waals surface area contributed by atoms with Crippen LogP contribution in [-0.2, 0) is 17.8 Å². The minimum Gasteiger partial charge on any atom is -0.492 e. The maximum absolute atomic E-state index is 14.3. The van der Waals surface area contributed by atoms with E-state index < -0.39 is 5.82 Å². The van der Waals surface area contributed by atoms with E-state index >= 15 is 0 Å². The van der Waals surface area contributed by atoms with Gasteiger partial charge in [0, 0.05) is 43.5 Å². The summed E-state index contributed by atoms with van der Waals surface area (Å²) in [4.78, 5) is 29.7. The Morgan fingerprint density at radius 1 is 1.19 bits per heavy atom. The SMILES string of the molecule is C=CC(=O)N1CCN(c2nc(OC)nc3c2CCN(c2cccc(F)c2OC)C3)CC1CC#N.CSC1CCCN(C)C1. The number of carbonyl (C=O) groups is 1. The molecule has 5 rings (SSSR count). The molecule has 0 aliphatic carbocycles. The summed E-state index contributed by atoms with van der Waals surface area (Å²) in [6, 6.07) is 7.02. The van der Waals surface area contributed by atoms with Crippen molar-refractivity contribution in [2.75, 3.05) is 76.6 Å². The van der Waals surface area contributed by atoms with E-state index in [0.29, 0.717) is 44.8 Å². The van der Waals surface area contributed by atoms with Gasteiger partial charge in [-0.15, -0.1) is 0 Å². The first kappa shape index (κ1) is 32.4. The molecule has 2 fully saturated rings. The second kappa shape index (κ2) is 15.3. The van der Waals surface area contributed by atoms with E-state index in [2.05, 4.69) is 45.7 Å². The molecule has 1 aromatic heterocycles. The highest BCUT2D eigenvalue weighted by Gasteiger charge is 2.33. The third-order valence-electron chi connectivity index (χ3n) is 8.18. The molecular weight excluding hydrogens is 569 g/mol. The summed E-state index contributed by atoms with van der Waals surface area (Å²) < 4.78 is 25.0. The lowest BCUT2D eigenvalue weighted by Gasteiger charge is -2.42. The number of benzene rings is 1. The minimum atomic E-state index is -0.415. The predicted octanol–water partition coefficient (Wildman–Crippen LogP) is 3.76. The lowest BCUT2D eigenvalue weighted by Crippen LogP contribution is -2.55. The standard InChI is InChI=1S/C24H27FN6O3.C7H15NS/c1-4-21(32)31-13-12-30(14-16(31)8-10-26)23-17-9-11-29(15-19(17)27-24(28-23)34-3)20-7-5-6-18(25)22(20)33-2;1-8-5-3-4-7(6-8)9-2/h4-7,16H,1,8-9,11-15H2,2-3H3;7H,3-6H2,1-2H3. The van der Waals surface area contributed by atoms with Crippen LogP contribution in [0.5, 0.6) is 11.8 Å². The zero-order chi connectivity index (χ0) is 30.9. The number of halogens is 1. The number of piperazine rings is 1. The number of carbonyl (C=O) groups excluding carboxylic acids is 1. The van der Waals surface area contributed by atoms with Crippen molar-refractivity contribution in [2.45, 2.75) is 43.5 Å². The zero-order valence-corrected chi connectivity index (χ0v) is 26.4. The van der Waals surface area contributed by atoms with Crippen LogP contribution < -0.4 is 19.3 Å². The van der Waals surface area contributed by atoms with Crippen molar-refractivity contribution in [2.24, 2.45) is 0 Å². The Balaban J connectivity index is 0.000000403. The number of fused-ring (bicyclic) bond motifs is 1. The van der Waals surface area contributed by atoms with Gasteiger partial charge in [-0.2, -0.15) is 27.0 Å². The molecule has 1 aromatic carbocycles. The molecular formula is C31H42FN7O3S. The van der Waals surface area contributed by atoms with Gasteiger partial charge in [0.1, 0.15) is 5.82 Å². The van der Waals surface area contributed by atoms with E-state index in [0.717, 1.165) is 22.3 Å². The molecule has 2 saturated heterocycles. The number of ether oxygens (including phenoxy) is 2. The summed E-state index contributed by atoms with van der Waals surface area (Å²) in [7, 11) is 5.18. The largest absolute Gasteiger partial charge is 0.492 e. The summed E-state index contributed by atoms with van der Waals surface area (Å²) >= 11 is 2.01. The van der Waals surface area contributed by atoms with E-state index in [1.807, 2.05) is 22.7 Å². The van der Waals surface area contributed by atoms with Crippen LogP contribution in [0.25, 0.3) is 0 Å². The molecule has 2 unspecified atom stereocenters. The van der Waals surface area contributed by atoms with E-state index in [9.17, 15) is 14.4 Å². The van der Waals surface area contributed by atoms with E-state index in [1.54, 1.807) is 11.0 Å². The molecule has 3 aliphatic heterocycles. The number of para-hydroxylation sites is 1. The van der Waals surface area contributed by atoms with Crippen LogP contribution in [0.15, 0.2) is 30.9 Å². The van der Waals surface area contributed by atoms with Gasteiger partial charge in [-0.05, 0) is 57.3 Å². The van der Waals surface area contributed by atoms with Gasteiger partial charge in [-0.25, -0.2) is 4.39 Å². The number of thioether (sulfide) groups is 1. The average Bonchev–Trinajstić information content (AvgIpc) is 3.03. The summed E-state index contributed by atoms with van der Waals surface area (Å²) in [6.07, 6.45) is 7.17. The molecule has 10 nitrogen and oxygen atoms in total. The number of aromatic nitrogens is 2. The second-order valence-corrected chi connectivity index (χ2v) is 12.0. The first-order valence-electron chi connectivity index (χ1n) is 14.6. The molecule has 3 aliphatic rings. The minimum absolute atomic E-state index is 0.179. The highest BCUT2D eigenvalue weighted by Crippen LogP contribution is 2.36. The van der Waals surface area contributed by atoms with Crippen molar-refractivity contribution >= 4 is 29.2 Å². The fourth-order valence-corrected chi connectivity index (χ4v) is 6.75. The Morgan fingerprint density at radius 2 is 2.00 bits per heavy atom. The van der Waals surface area contributed by atoms with Gasteiger partial charge >= 0.3 is 6.01 Å². The van der Waals surface area contributed by atoms with Crippen LogP contribution in [-0.4, -0.2) is 104 Å². The number of nitrogens with zero attached hydrogens (tertiary/aromatic N) is 7. The number of likely N-dealkylation sites (tertiary alicyclic amines) is 1. The van der Waals surface area contributed by atoms with Crippen LogP contribution in [0.4, 0.5) is 15.9 Å². The van der Waals surface area contributed by atoms with Gasteiger partial charge in [0.25, 0.3) is 0 Å². The van der Waals surface area contributed by atoms with Crippen LogP contribution >= 0.6 is 11.8 Å². The maximum Gasteiger partial charge on any atom is 0.318 e. The second-order valence-electron chi connectivity index (χ2n) is 10.9. The molecule has 1 amide bonds. The zero-order valence-electron chi connectivity index (χ0n) is 25.6. The van der Waals surface area contributed by atoms with Crippen molar-refractivity contribution in [3.05, 3.63) is 47.9 Å². The molecule has 0 radical (unpaired) electrons. The van der Waals surface area contributed by atoms with Crippen molar-refractivity contribution in [3.8, 4) is 17.8 Å². The molecule has 43 heavy (non-hydrogen) atoms. The van der Waals surface area contributed by atoms with Crippen molar-refractivity contribution in [1.82, 2.24) is 19.8 Å². The maximum atomic E-state index is 14.3. The highest BCUT2D eigenvalue weighted by molar-refractivity contribution is 7.99. The third kappa shape index (κ3) is 7.70. The van der Waals surface area contributed by atoms with Crippen molar-refractivity contribution in [3.63, 3.8) is 0 Å². The summed E-state index contributed by atoms with van der Waals surface area (Å²) in [5.41, 5.74) is 2.45. The molecule has 0 spiro atoms. The Bertz CT molecular complexity index is 1320. The predicted molar refractivity (Wildman–Crippen MR) is 168 cm³/mol. The Morgan fingerprint density at radius 3 is 2.65 bits per heavy atom.